The van der Waals surface area contributed by atoms with E-state index in [9.17, 15) is 14.7 Å². The lowest BCUT2D eigenvalue weighted by atomic mass is 10.0. The van der Waals surface area contributed by atoms with Crippen LogP contribution >= 0.6 is 0 Å². The van der Waals surface area contributed by atoms with Gasteiger partial charge in [-0.3, -0.25) is 14.5 Å². The van der Waals surface area contributed by atoms with Crippen molar-refractivity contribution in [2.24, 2.45) is 5.92 Å². The second-order valence-corrected chi connectivity index (χ2v) is 8.60. The van der Waals surface area contributed by atoms with Crippen molar-refractivity contribution in [2.45, 2.75) is 52.3 Å². The summed E-state index contributed by atoms with van der Waals surface area (Å²) in [6, 6.07) is 3.02. The highest BCUT2D eigenvalue weighted by Crippen LogP contribution is 2.30. The number of hydrogen-bond donors (Lipinski definition) is 3. The number of ether oxygens (including phenoxy) is 1. The van der Waals surface area contributed by atoms with E-state index in [0.717, 1.165) is 5.56 Å². The summed E-state index contributed by atoms with van der Waals surface area (Å²) in [5.41, 5.74) is 2.18. The molecule has 0 saturated carbocycles. The molecule has 2 atom stereocenters. The SMILES string of the molecule is C=CC[C@H](NC(=O)O)c1cc(-c2c(NC(=O)[C@H](C)C=C)cnn2CCOC(C)(C)C)ccn1. The van der Waals surface area contributed by atoms with Gasteiger partial charge in [0.1, 0.15) is 0 Å². The summed E-state index contributed by atoms with van der Waals surface area (Å²) in [7, 11) is 0. The van der Waals surface area contributed by atoms with E-state index in [1.54, 1.807) is 48.3 Å². The highest BCUT2D eigenvalue weighted by molar-refractivity contribution is 5.96. The van der Waals surface area contributed by atoms with E-state index in [1.807, 2.05) is 20.8 Å². The van der Waals surface area contributed by atoms with Crippen LogP contribution in [0.15, 0.2) is 49.8 Å². The minimum absolute atomic E-state index is 0.205. The van der Waals surface area contributed by atoms with Gasteiger partial charge >= 0.3 is 6.09 Å². The molecule has 0 aliphatic rings. The fourth-order valence-corrected chi connectivity index (χ4v) is 3.10. The molecule has 0 spiro atoms. The number of pyridine rings is 1. The number of carboxylic acid groups (broad SMARTS) is 1. The highest BCUT2D eigenvalue weighted by Gasteiger charge is 2.21. The average molecular weight is 456 g/mol. The normalized spacial score (nSPS) is 13.1. The Bertz CT molecular complexity index is 993. The second kappa shape index (κ2) is 11.4. The van der Waals surface area contributed by atoms with Gasteiger partial charge in [0.05, 0.1) is 54.0 Å². The third-order valence-electron chi connectivity index (χ3n) is 4.81. The molecule has 0 saturated heterocycles. The molecule has 2 aromatic heterocycles. The molecule has 9 heteroatoms. The van der Waals surface area contributed by atoms with Gasteiger partial charge < -0.3 is 20.5 Å². The summed E-state index contributed by atoms with van der Waals surface area (Å²) >= 11 is 0. The maximum atomic E-state index is 12.5. The number of amides is 2. The molecular formula is C24H33N5O4. The molecule has 3 N–H and O–H groups in total. The van der Waals surface area contributed by atoms with E-state index in [4.69, 9.17) is 4.74 Å². The second-order valence-electron chi connectivity index (χ2n) is 8.60. The van der Waals surface area contributed by atoms with Crippen molar-refractivity contribution in [3.8, 4) is 11.3 Å². The standard InChI is InChI=1S/C24H33N5O4/c1-7-9-18(28-23(31)32)19-14-17(10-11-25-19)21-20(27-22(30)16(3)8-2)15-26-29(21)12-13-33-24(4,5)6/h7-8,10-11,14-16,18,28H,1-2,9,12-13H2,3-6H3,(H,27,30)(H,31,32)/t16-,18+/m1/s1. The van der Waals surface area contributed by atoms with Crippen LogP contribution in [0, 0.1) is 5.92 Å². The van der Waals surface area contributed by atoms with Crippen LogP contribution in [-0.2, 0) is 16.1 Å². The Morgan fingerprint density at radius 3 is 2.67 bits per heavy atom. The minimum Gasteiger partial charge on any atom is -0.465 e. The predicted octanol–water partition coefficient (Wildman–Crippen LogP) is 4.41. The van der Waals surface area contributed by atoms with Gasteiger partial charge in [0.2, 0.25) is 5.91 Å². The molecule has 0 aliphatic carbocycles. The van der Waals surface area contributed by atoms with Crippen LogP contribution in [0.5, 0.6) is 0 Å². The van der Waals surface area contributed by atoms with E-state index < -0.39 is 12.1 Å². The minimum atomic E-state index is -1.15. The average Bonchev–Trinajstić information content (AvgIpc) is 3.13. The molecular weight excluding hydrogens is 422 g/mol. The zero-order valence-corrected chi connectivity index (χ0v) is 19.7. The van der Waals surface area contributed by atoms with Crippen LogP contribution in [0.1, 0.15) is 45.9 Å². The predicted molar refractivity (Wildman–Crippen MR) is 128 cm³/mol. The van der Waals surface area contributed by atoms with Crippen LogP contribution in [0.2, 0.25) is 0 Å². The van der Waals surface area contributed by atoms with Crippen molar-refractivity contribution >= 4 is 17.7 Å². The van der Waals surface area contributed by atoms with Crippen molar-refractivity contribution in [3.05, 3.63) is 55.5 Å². The molecule has 0 fully saturated rings. The molecule has 0 radical (unpaired) electrons. The first kappa shape index (κ1) is 25.8. The molecule has 2 aromatic rings. The molecule has 0 aromatic carbocycles. The van der Waals surface area contributed by atoms with Crippen LogP contribution in [-0.4, -0.2) is 44.1 Å². The summed E-state index contributed by atoms with van der Waals surface area (Å²) in [5.74, 6) is -0.585. The Hall–Kier alpha value is -3.46. The fourth-order valence-electron chi connectivity index (χ4n) is 3.10. The first-order chi connectivity index (χ1) is 15.6. The van der Waals surface area contributed by atoms with Gasteiger partial charge in [0.15, 0.2) is 0 Å². The van der Waals surface area contributed by atoms with Gasteiger partial charge in [0, 0.05) is 11.8 Å². The van der Waals surface area contributed by atoms with Crippen molar-refractivity contribution in [1.29, 1.82) is 0 Å². The largest absolute Gasteiger partial charge is 0.465 e. The Morgan fingerprint density at radius 2 is 2.06 bits per heavy atom. The van der Waals surface area contributed by atoms with Gasteiger partial charge in [-0.25, -0.2) is 4.79 Å². The lowest BCUT2D eigenvalue weighted by Gasteiger charge is -2.20. The topological polar surface area (TPSA) is 118 Å². The van der Waals surface area contributed by atoms with Crippen molar-refractivity contribution in [1.82, 2.24) is 20.1 Å². The monoisotopic (exact) mass is 455 g/mol. The van der Waals surface area contributed by atoms with Crippen molar-refractivity contribution < 1.29 is 19.4 Å². The summed E-state index contributed by atoms with van der Waals surface area (Å²) in [5, 5.41) is 19.0. The van der Waals surface area contributed by atoms with Crippen molar-refractivity contribution in [2.75, 3.05) is 11.9 Å². The van der Waals surface area contributed by atoms with Gasteiger partial charge in [0.25, 0.3) is 0 Å². The Kier molecular flexibility index (Phi) is 8.93. The van der Waals surface area contributed by atoms with Gasteiger partial charge in [-0.2, -0.15) is 5.10 Å². The number of anilines is 1. The van der Waals surface area contributed by atoms with E-state index in [-0.39, 0.29) is 17.4 Å². The zero-order valence-electron chi connectivity index (χ0n) is 19.7. The Balaban J connectivity index is 2.47. The molecule has 0 aliphatic heterocycles. The fraction of sp³-hybridized carbons (Fsp3) is 0.417. The first-order valence-corrected chi connectivity index (χ1v) is 10.8. The van der Waals surface area contributed by atoms with Crippen LogP contribution in [0.25, 0.3) is 11.3 Å². The first-order valence-electron chi connectivity index (χ1n) is 10.8. The Labute approximate surface area is 194 Å². The number of nitrogens with one attached hydrogen (secondary N) is 2. The number of aromatic nitrogens is 3. The zero-order chi connectivity index (χ0) is 24.6. The molecule has 9 nitrogen and oxygen atoms in total. The molecule has 33 heavy (non-hydrogen) atoms. The molecule has 2 rings (SSSR count). The lowest BCUT2D eigenvalue weighted by molar-refractivity contribution is -0.118. The molecule has 0 unspecified atom stereocenters. The summed E-state index contributed by atoms with van der Waals surface area (Å²) in [6.07, 6.45) is 5.62. The van der Waals surface area contributed by atoms with Gasteiger partial charge in [-0.05, 0) is 39.3 Å². The van der Waals surface area contributed by atoms with Gasteiger partial charge in [-0.15, -0.1) is 13.2 Å². The molecule has 2 amide bonds. The maximum Gasteiger partial charge on any atom is 0.405 e. The number of hydrogen-bond acceptors (Lipinski definition) is 5. The third-order valence-corrected chi connectivity index (χ3v) is 4.81. The Morgan fingerprint density at radius 1 is 1.33 bits per heavy atom. The van der Waals surface area contributed by atoms with Crippen molar-refractivity contribution in [3.63, 3.8) is 0 Å². The van der Waals surface area contributed by atoms with Crippen LogP contribution in [0.3, 0.4) is 0 Å². The number of carbonyl (C=O) groups is 2. The van der Waals surface area contributed by atoms with E-state index >= 15 is 0 Å². The van der Waals surface area contributed by atoms with Gasteiger partial charge in [-0.1, -0.05) is 19.1 Å². The van der Waals surface area contributed by atoms with Crippen LogP contribution < -0.4 is 10.6 Å². The van der Waals surface area contributed by atoms with E-state index in [1.165, 1.54) is 0 Å². The summed E-state index contributed by atoms with van der Waals surface area (Å²) < 4.78 is 7.60. The number of nitrogens with zero attached hydrogens (tertiary/aromatic N) is 3. The molecule has 178 valence electrons. The van der Waals surface area contributed by atoms with E-state index in [0.29, 0.717) is 36.6 Å². The number of carbonyl (C=O) groups excluding carboxylic acids is 1. The summed E-state index contributed by atoms with van der Waals surface area (Å²) in [4.78, 5) is 28.1. The highest BCUT2D eigenvalue weighted by atomic mass is 16.5. The molecule has 0 bridgehead atoms. The smallest absolute Gasteiger partial charge is 0.405 e. The third kappa shape index (κ3) is 7.57. The maximum absolute atomic E-state index is 12.5. The lowest BCUT2D eigenvalue weighted by Crippen LogP contribution is -2.27. The summed E-state index contributed by atoms with van der Waals surface area (Å²) in [6.45, 7) is 15.9. The number of rotatable bonds is 11. The quantitative estimate of drug-likeness (QED) is 0.432. The van der Waals surface area contributed by atoms with E-state index in [2.05, 4.69) is 33.9 Å². The van der Waals surface area contributed by atoms with Crippen LogP contribution in [0.4, 0.5) is 10.5 Å². The molecule has 2 heterocycles.